The number of sulfonamides is 1. The molecule has 0 unspecified atom stereocenters. The summed E-state index contributed by atoms with van der Waals surface area (Å²) in [6, 6.07) is 13.3. The second kappa shape index (κ2) is 6.17. The van der Waals surface area contributed by atoms with Gasteiger partial charge in [-0.05, 0) is 57.6 Å². The highest BCUT2D eigenvalue weighted by molar-refractivity contribution is 9.10. The zero-order chi connectivity index (χ0) is 16.7. The van der Waals surface area contributed by atoms with Crippen LogP contribution < -0.4 is 4.74 Å². The molecule has 126 valence electrons. The summed E-state index contributed by atoms with van der Waals surface area (Å²) in [5.41, 5.74) is 2.45. The van der Waals surface area contributed by atoms with E-state index in [0.717, 1.165) is 25.2 Å². The van der Waals surface area contributed by atoms with Gasteiger partial charge in [0.15, 0.2) is 0 Å². The lowest BCUT2D eigenvalue weighted by molar-refractivity contribution is 0.357. The van der Waals surface area contributed by atoms with Gasteiger partial charge >= 0.3 is 0 Å². The van der Waals surface area contributed by atoms with Crippen LogP contribution in [0.2, 0.25) is 0 Å². The summed E-state index contributed by atoms with van der Waals surface area (Å²) in [5, 5.41) is 0. The van der Waals surface area contributed by atoms with Crippen LogP contribution in [0.5, 0.6) is 5.75 Å². The molecule has 1 fully saturated rings. The average Bonchev–Trinajstić information content (AvgIpc) is 3.24. The van der Waals surface area contributed by atoms with Crippen LogP contribution in [0.15, 0.2) is 51.8 Å². The first-order valence-corrected chi connectivity index (χ1v) is 10.3. The first-order valence-electron chi connectivity index (χ1n) is 8.06. The summed E-state index contributed by atoms with van der Waals surface area (Å²) < 4.78 is 33.6. The third kappa shape index (κ3) is 2.76. The second-order valence-corrected chi connectivity index (χ2v) is 9.01. The van der Waals surface area contributed by atoms with E-state index in [1.165, 1.54) is 11.1 Å². The lowest BCUT2D eigenvalue weighted by Crippen LogP contribution is -2.29. The third-order valence-corrected chi connectivity index (χ3v) is 7.67. The zero-order valence-electron chi connectivity index (χ0n) is 13.1. The normalized spacial score (nSPS) is 20.8. The van der Waals surface area contributed by atoms with E-state index in [9.17, 15) is 8.42 Å². The molecule has 2 aliphatic rings. The molecule has 6 heteroatoms. The molecular formula is C18H18BrNO3S. The van der Waals surface area contributed by atoms with Gasteiger partial charge in [0.1, 0.15) is 5.75 Å². The van der Waals surface area contributed by atoms with E-state index in [2.05, 4.69) is 28.1 Å². The van der Waals surface area contributed by atoms with Gasteiger partial charge in [-0.3, -0.25) is 0 Å². The topological polar surface area (TPSA) is 46.6 Å². The fourth-order valence-electron chi connectivity index (χ4n) is 3.47. The number of ether oxygens (including phenoxy) is 1. The van der Waals surface area contributed by atoms with Crippen molar-refractivity contribution in [3.63, 3.8) is 0 Å². The predicted molar refractivity (Wildman–Crippen MR) is 95.9 cm³/mol. The average molecular weight is 408 g/mol. The molecule has 0 amide bonds. The Balaban J connectivity index is 1.57. The second-order valence-electron chi connectivity index (χ2n) is 6.24. The molecule has 2 aliphatic heterocycles. The Morgan fingerprint density at radius 2 is 2.00 bits per heavy atom. The van der Waals surface area contributed by atoms with E-state index in [1.54, 1.807) is 22.5 Å². The molecule has 0 bridgehead atoms. The van der Waals surface area contributed by atoms with Gasteiger partial charge in [0.25, 0.3) is 0 Å². The Morgan fingerprint density at radius 1 is 1.17 bits per heavy atom. The molecule has 0 saturated carbocycles. The lowest BCUT2D eigenvalue weighted by atomic mass is 9.96. The van der Waals surface area contributed by atoms with Crippen LogP contribution in [-0.4, -0.2) is 32.4 Å². The summed E-state index contributed by atoms with van der Waals surface area (Å²) in [6.45, 7) is 1.83. The maximum absolute atomic E-state index is 12.9. The molecule has 1 atom stereocenters. The monoisotopic (exact) mass is 407 g/mol. The quantitative estimate of drug-likeness (QED) is 0.781. The van der Waals surface area contributed by atoms with Crippen LogP contribution in [0.25, 0.3) is 0 Å². The van der Waals surface area contributed by atoms with Crippen molar-refractivity contribution in [1.82, 2.24) is 4.31 Å². The third-order valence-electron chi connectivity index (χ3n) is 4.79. The predicted octanol–water partition coefficient (Wildman–Crippen LogP) is 3.56. The van der Waals surface area contributed by atoms with Gasteiger partial charge in [-0.15, -0.1) is 0 Å². The number of nitrogens with zero attached hydrogens (tertiary/aromatic N) is 1. The van der Waals surface area contributed by atoms with Crippen molar-refractivity contribution in [3.8, 4) is 5.75 Å². The molecule has 0 aliphatic carbocycles. The van der Waals surface area contributed by atoms with E-state index in [-0.39, 0.29) is 5.92 Å². The largest absolute Gasteiger partial charge is 0.493 e. The first-order chi connectivity index (χ1) is 11.6. The molecule has 2 heterocycles. The summed E-state index contributed by atoms with van der Waals surface area (Å²) >= 11 is 3.35. The van der Waals surface area contributed by atoms with Crippen molar-refractivity contribution in [1.29, 1.82) is 0 Å². The Hall–Kier alpha value is -1.37. The maximum Gasteiger partial charge on any atom is 0.244 e. The van der Waals surface area contributed by atoms with Gasteiger partial charge in [-0.2, -0.15) is 4.31 Å². The minimum Gasteiger partial charge on any atom is -0.493 e. The molecule has 2 aromatic carbocycles. The van der Waals surface area contributed by atoms with Crippen molar-refractivity contribution < 1.29 is 13.2 Å². The number of fused-ring (bicyclic) bond motifs is 1. The highest BCUT2D eigenvalue weighted by Gasteiger charge is 2.34. The molecule has 0 N–H and O–H groups in total. The van der Waals surface area contributed by atoms with Gasteiger partial charge in [0.2, 0.25) is 10.0 Å². The molecule has 24 heavy (non-hydrogen) atoms. The summed E-state index contributed by atoms with van der Waals surface area (Å²) in [4.78, 5) is 0.341. The number of rotatable bonds is 3. The molecule has 0 spiro atoms. The number of halogens is 1. The van der Waals surface area contributed by atoms with Crippen LogP contribution in [0.1, 0.15) is 23.5 Å². The zero-order valence-corrected chi connectivity index (χ0v) is 15.5. The van der Waals surface area contributed by atoms with Crippen LogP contribution >= 0.6 is 15.9 Å². The highest BCUT2D eigenvalue weighted by atomic mass is 79.9. The van der Waals surface area contributed by atoms with Gasteiger partial charge in [0.05, 0.1) is 11.5 Å². The SMILES string of the molecule is O=S(=O)(c1ccccc1Br)N1CC[C@H](c2ccc3c(c2)CCO3)C1. The fourth-order valence-corrected chi connectivity index (χ4v) is 5.94. The van der Waals surface area contributed by atoms with Gasteiger partial charge in [0, 0.05) is 24.0 Å². The Kier molecular flexibility index (Phi) is 4.14. The van der Waals surface area contributed by atoms with Crippen LogP contribution in [0.4, 0.5) is 0 Å². The van der Waals surface area contributed by atoms with Crippen LogP contribution in [0, 0.1) is 0 Å². The van der Waals surface area contributed by atoms with Crippen LogP contribution in [0.3, 0.4) is 0 Å². The number of hydrogen-bond donors (Lipinski definition) is 0. The number of hydrogen-bond acceptors (Lipinski definition) is 3. The Morgan fingerprint density at radius 3 is 2.83 bits per heavy atom. The minimum atomic E-state index is -3.46. The Bertz CT molecular complexity index is 882. The first kappa shape index (κ1) is 16.1. The summed E-state index contributed by atoms with van der Waals surface area (Å²) in [5.74, 6) is 1.21. The Labute approximate surface area is 150 Å². The van der Waals surface area contributed by atoms with E-state index in [1.807, 2.05) is 12.1 Å². The van der Waals surface area contributed by atoms with Crippen molar-refractivity contribution >= 4 is 26.0 Å². The molecule has 4 nitrogen and oxygen atoms in total. The standard InChI is InChI=1S/C18H18BrNO3S/c19-16-3-1-2-4-18(16)24(21,22)20-9-7-15(12-20)13-5-6-17-14(11-13)8-10-23-17/h1-6,11,15H,7-10,12H2/t15-/m0/s1. The van der Waals surface area contributed by atoms with Crippen molar-refractivity contribution in [2.24, 2.45) is 0 Å². The van der Waals surface area contributed by atoms with Crippen molar-refractivity contribution in [2.45, 2.75) is 23.7 Å². The molecule has 2 aromatic rings. The number of benzene rings is 2. The van der Waals surface area contributed by atoms with E-state index in [0.29, 0.717) is 22.5 Å². The van der Waals surface area contributed by atoms with Crippen molar-refractivity contribution in [3.05, 3.63) is 58.1 Å². The lowest BCUT2D eigenvalue weighted by Gasteiger charge is -2.18. The molecule has 0 radical (unpaired) electrons. The van der Waals surface area contributed by atoms with Crippen molar-refractivity contribution in [2.75, 3.05) is 19.7 Å². The minimum absolute atomic E-state index is 0.244. The summed E-state index contributed by atoms with van der Waals surface area (Å²) in [7, 11) is -3.46. The molecule has 0 aromatic heterocycles. The van der Waals surface area contributed by atoms with E-state index in [4.69, 9.17) is 4.74 Å². The highest BCUT2D eigenvalue weighted by Crippen LogP contribution is 2.35. The summed E-state index contributed by atoms with van der Waals surface area (Å²) in [6.07, 6.45) is 1.79. The van der Waals surface area contributed by atoms with Gasteiger partial charge < -0.3 is 4.74 Å². The molecule has 1 saturated heterocycles. The van der Waals surface area contributed by atoms with Gasteiger partial charge in [-0.25, -0.2) is 8.42 Å². The van der Waals surface area contributed by atoms with E-state index >= 15 is 0 Å². The molecular weight excluding hydrogens is 390 g/mol. The van der Waals surface area contributed by atoms with Crippen LogP contribution in [-0.2, 0) is 16.4 Å². The maximum atomic E-state index is 12.9. The van der Waals surface area contributed by atoms with Gasteiger partial charge in [-0.1, -0.05) is 24.3 Å². The molecule has 4 rings (SSSR count). The smallest absolute Gasteiger partial charge is 0.244 e. The van der Waals surface area contributed by atoms with E-state index < -0.39 is 10.0 Å². The fraction of sp³-hybridized carbons (Fsp3) is 0.333.